The van der Waals surface area contributed by atoms with Gasteiger partial charge in [0.05, 0.1) is 11.4 Å². The number of piperidine rings is 1. The van der Waals surface area contributed by atoms with Crippen LogP contribution >= 0.6 is 0 Å². The van der Waals surface area contributed by atoms with Gasteiger partial charge in [-0.15, -0.1) is 0 Å². The Morgan fingerprint density at radius 1 is 1.21 bits per heavy atom. The number of aromatic nitrogens is 2. The number of amides is 1. The molecule has 2 aromatic rings. The first kappa shape index (κ1) is 20.1. The molecule has 2 aliphatic rings. The van der Waals surface area contributed by atoms with Crippen molar-refractivity contribution in [2.45, 2.75) is 42.9 Å². The first-order chi connectivity index (χ1) is 13.7. The zero-order valence-electron chi connectivity index (χ0n) is 16.9. The summed E-state index contributed by atoms with van der Waals surface area (Å²) in [4.78, 5) is 18.8. The van der Waals surface area contributed by atoms with E-state index < -0.39 is 21.7 Å². The highest BCUT2D eigenvalue weighted by Gasteiger charge is 2.48. The molecule has 0 saturated carbocycles. The number of fused-ring (bicyclic) bond motifs is 2. The Morgan fingerprint density at radius 2 is 1.86 bits per heavy atom. The van der Waals surface area contributed by atoms with Crippen molar-refractivity contribution in [2.24, 2.45) is 0 Å². The molecule has 1 spiro atoms. The number of rotatable bonds is 3. The Balaban J connectivity index is 1.57. The third kappa shape index (κ3) is 3.47. The molecule has 0 radical (unpaired) electrons. The van der Waals surface area contributed by atoms with E-state index >= 15 is 0 Å². The average molecular weight is 419 g/mol. The van der Waals surface area contributed by atoms with Gasteiger partial charge in [0.1, 0.15) is 11.4 Å². The van der Waals surface area contributed by atoms with Crippen LogP contribution in [0.2, 0.25) is 0 Å². The largest absolute Gasteiger partial charge is 0.352 e. The molecular formula is C20H26N4O4S. The molecule has 1 saturated heterocycles. The van der Waals surface area contributed by atoms with Crippen LogP contribution in [0.25, 0.3) is 0 Å². The van der Waals surface area contributed by atoms with Gasteiger partial charge in [-0.25, -0.2) is 13.4 Å². The summed E-state index contributed by atoms with van der Waals surface area (Å²) in [7, 11) is -0.152. The molecule has 9 heteroatoms. The van der Waals surface area contributed by atoms with Crippen LogP contribution in [0.1, 0.15) is 24.2 Å². The number of imidazole rings is 1. The maximum Gasteiger partial charge on any atom is 0.253 e. The van der Waals surface area contributed by atoms with Crippen LogP contribution in [-0.2, 0) is 31.7 Å². The molecule has 1 amide bonds. The molecule has 1 aromatic heterocycles. The fraction of sp³-hybridized carbons (Fsp3) is 0.500. The number of benzene rings is 1. The third-order valence-electron chi connectivity index (χ3n) is 5.76. The van der Waals surface area contributed by atoms with Gasteiger partial charge in [-0.1, -0.05) is 17.7 Å². The molecule has 1 atom stereocenters. The average Bonchev–Trinajstić information content (AvgIpc) is 3.18. The summed E-state index contributed by atoms with van der Waals surface area (Å²) < 4.78 is 35.8. The van der Waals surface area contributed by atoms with Crippen molar-refractivity contribution < 1.29 is 17.9 Å². The van der Waals surface area contributed by atoms with E-state index in [4.69, 9.17) is 4.74 Å². The SMILES string of the molecule is Cc1ccc(S(=O)(=O)N2CCC3(CC2)O[C@@H](C(=O)N(C)C)Cn2ccnc23)cc1. The number of carbonyl (C=O) groups is 1. The molecule has 2 aliphatic heterocycles. The van der Waals surface area contributed by atoms with Crippen molar-refractivity contribution in [1.29, 1.82) is 0 Å². The number of likely N-dealkylation sites (N-methyl/N-ethyl adjacent to an activating group) is 1. The molecule has 4 rings (SSSR count). The van der Waals surface area contributed by atoms with Crippen LogP contribution in [0.3, 0.4) is 0 Å². The predicted octanol–water partition coefficient (Wildman–Crippen LogP) is 1.36. The van der Waals surface area contributed by atoms with Crippen molar-refractivity contribution in [3.8, 4) is 0 Å². The zero-order valence-corrected chi connectivity index (χ0v) is 17.7. The van der Waals surface area contributed by atoms with E-state index in [0.717, 1.165) is 11.4 Å². The van der Waals surface area contributed by atoms with E-state index in [1.54, 1.807) is 44.6 Å². The first-order valence-electron chi connectivity index (χ1n) is 9.70. The van der Waals surface area contributed by atoms with Crippen LogP contribution in [0.5, 0.6) is 0 Å². The molecule has 0 aliphatic carbocycles. The van der Waals surface area contributed by atoms with Gasteiger partial charge in [0.15, 0.2) is 6.10 Å². The Bertz CT molecular complexity index is 1010. The molecule has 156 valence electrons. The number of hydrogen-bond donors (Lipinski definition) is 0. The Labute approximate surface area is 171 Å². The monoisotopic (exact) mass is 418 g/mol. The second-order valence-corrected chi connectivity index (χ2v) is 9.89. The lowest BCUT2D eigenvalue weighted by molar-refractivity contribution is -0.177. The molecule has 1 aromatic carbocycles. The number of hydrogen-bond acceptors (Lipinski definition) is 5. The predicted molar refractivity (Wildman–Crippen MR) is 107 cm³/mol. The van der Waals surface area contributed by atoms with Gasteiger partial charge in [-0.2, -0.15) is 4.31 Å². The van der Waals surface area contributed by atoms with Gasteiger partial charge in [0.2, 0.25) is 10.0 Å². The second kappa shape index (κ2) is 7.23. The first-order valence-corrected chi connectivity index (χ1v) is 11.1. The highest BCUT2D eigenvalue weighted by molar-refractivity contribution is 7.89. The summed E-state index contributed by atoms with van der Waals surface area (Å²) in [6, 6.07) is 6.89. The fourth-order valence-electron chi connectivity index (χ4n) is 4.10. The van der Waals surface area contributed by atoms with Crippen molar-refractivity contribution >= 4 is 15.9 Å². The molecule has 0 unspecified atom stereocenters. The number of nitrogens with zero attached hydrogens (tertiary/aromatic N) is 4. The molecule has 0 N–H and O–H groups in total. The summed E-state index contributed by atoms with van der Waals surface area (Å²) in [5.41, 5.74) is 0.262. The van der Waals surface area contributed by atoms with Gasteiger partial charge in [0.25, 0.3) is 5.91 Å². The van der Waals surface area contributed by atoms with Crippen molar-refractivity contribution in [1.82, 2.24) is 18.8 Å². The number of ether oxygens (including phenoxy) is 1. The molecule has 3 heterocycles. The topological polar surface area (TPSA) is 84.7 Å². The third-order valence-corrected chi connectivity index (χ3v) is 7.67. The van der Waals surface area contributed by atoms with Crippen LogP contribution in [0.4, 0.5) is 0 Å². The van der Waals surface area contributed by atoms with Crippen LogP contribution in [-0.4, -0.2) is 66.4 Å². The molecule has 29 heavy (non-hydrogen) atoms. The van der Waals surface area contributed by atoms with Gasteiger partial charge in [-0.3, -0.25) is 4.79 Å². The molecule has 8 nitrogen and oxygen atoms in total. The number of sulfonamides is 1. The highest BCUT2D eigenvalue weighted by Crippen LogP contribution is 2.41. The van der Waals surface area contributed by atoms with E-state index in [9.17, 15) is 13.2 Å². The molecular weight excluding hydrogens is 392 g/mol. The van der Waals surface area contributed by atoms with Gasteiger partial charge >= 0.3 is 0 Å². The van der Waals surface area contributed by atoms with Gasteiger partial charge in [-0.05, 0) is 31.9 Å². The lowest BCUT2D eigenvalue weighted by Crippen LogP contribution is -2.54. The molecule has 0 bridgehead atoms. The summed E-state index contributed by atoms with van der Waals surface area (Å²) >= 11 is 0. The number of carbonyl (C=O) groups excluding carboxylic acids is 1. The smallest absolute Gasteiger partial charge is 0.253 e. The molecule has 1 fully saturated rings. The maximum absolute atomic E-state index is 13.0. The van der Waals surface area contributed by atoms with Crippen molar-refractivity contribution in [3.05, 3.63) is 48.0 Å². The summed E-state index contributed by atoms with van der Waals surface area (Å²) in [5, 5.41) is 0. The quantitative estimate of drug-likeness (QED) is 0.751. The van der Waals surface area contributed by atoms with E-state index in [2.05, 4.69) is 4.98 Å². The van der Waals surface area contributed by atoms with Crippen LogP contribution in [0, 0.1) is 6.92 Å². The maximum atomic E-state index is 13.0. The van der Waals surface area contributed by atoms with Crippen molar-refractivity contribution in [2.75, 3.05) is 27.2 Å². The Morgan fingerprint density at radius 3 is 2.48 bits per heavy atom. The van der Waals surface area contributed by atoms with Crippen molar-refractivity contribution in [3.63, 3.8) is 0 Å². The van der Waals surface area contributed by atoms with Gasteiger partial charge < -0.3 is 14.2 Å². The zero-order chi connectivity index (χ0) is 20.8. The normalized spacial score (nSPS) is 21.7. The summed E-state index contributed by atoms with van der Waals surface area (Å²) in [5.74, 6) is 0.672. The minimum Gasteiger partial charge on any atom is -0.352 e. The van der Waals surface area contributed by atoms with Crippen LogP contribution < -0.4 is 0 Å². The van der Waals surface area contributed by atoms with Gasteiger partial charge in [0, 0.05) is 39.6 Å². The Kier molecular flexibility index (Phi) is 5.00. The van der Waals surface area contributed by atoms with Crippen LogP contribution in [0.15, 0.2) is 41.6 Å². The number of aryl methyl sites for hydroxylation is 1. The van der Waals surface area contributed by atoms with E-state index in [-0.39, 0.29) is 5.91 Å². The van der Waals surface area contributed by atoms with E-state index in [1.165, 1.54) is 9.21 Å². The standard InChI is InChI=1S/C20H26N4O4S/c1-15-4-6-16(7-5-15)29(26,27)24-11-8-20(9-12-24)19-21-10-13-23(19)14-17(28-20)18(25)22(2)3/h4-7,10,13,17H,8-9,11-12,14H2,1-3H3/t17-/m1/s1. The lowest BCUT2D eigenvalue weighted by Gasteiger charge is -2.45. The minimum atomic E-state index is -3.57. The summed E-state index contributed by atoms with van der Waals surface area (Å²) in [6.07, 6.45) is 3.86. The second-order valence-electron chi connectivity index (χ2n) is 7.95. The lowest BCUT2D eigenvalue weighted by atomic mass is 9.89. The minimum absolute atomic E-state index is 0.0987. The summed E-state index contributed by atoms with van der Waals surface area (Å²) in [6.45, 7) is 2.96. The van der Waals surface area contributed by atoms with E-state index in [1.807, 2.05) is 17.7 Å². The Hall–Kier alpha value is -2.23. The highest BCUT2D eigenvalue weighted by atomic mass is 32.2. The van der Waals surface area contributed by atoms with E-state index in [0.29, 0.717) is 37.4 Å². The fourth-order valence-corrected chi connectivity index (χ4v) is 5.54.